The van der Waals surface area contributed by atoms with Crippen LogP contribution in [-0.4, -0.2) is 29.9 Å². The molecule has 1 aliphatic rings. The number of ketones is 1. The summed E-state index contributed by atoms with van der Waals surface area (Å²) in [5.74, 6) is -0.102. The molecule has 0 amide bonds. The van der Waals surface area contributed by atoms with Gasteiger partial charge in [-0.25, -0.2) is 4.79 Å². The molecule has 0 atom stereocenters. The van der Waals surface area contributed by atoms with Gasteiger partial charge in [0.15, 0.2) is 5.78 Å². The van der Waals surface area contributed by atoms with Crippen molar-refractivity contribution in [3.63, 3.8) is 0 Å². The van der Waals surface area contributed by atoms with Gasteiger partial charge in [-0.05, 0) is 45.7 Å². The van der Waals surface area contributed by atoms with Gasteiger partial charge in [-0.3, -0.25) is 4.79 Å². The molecule has 0 radical (unpaired) electrons. The van der Waals surface area contributed by atoms with Crippen molar-refractivity contribution >= 4 is 34.7 Å². The van der Waals surface area contributed by atoms with Crippen LogP contribution in [0.5, 0.6) is 0 Å². The number of carbonyl (C=O) groups is 2. The first-order valence-corrected chi connectivity index (χ1v) is 8.23. The molecule has 0 unspecified atom stereocenters. The Morgan fingerprint density at radius 1 is 1.29 bits per heavy atom. The largest absolute Gasteiger partial charge is 0.367 e. The Labute approximate surface area is 134 Å². The third-order valence-electron chi connectivity index (χ3n) is 3.47. The van der Waals surface area contributed by atoms with E-state index in [0.29, 0.717) is 35.1 Å². The lowest BCUT2D eigenvalue weighted by Crippen LogP contribution is -2.40. The normalized spacial score (nSPS) is 17.7. The highest BCUT2D eigenvalue weighted by Gasteiger charge is 2.31. The van der Waals surface area contributed by atoms with Gasteiger partial charge in [0.05, 0.1) is 14.6 Å². The van der Waals surface area contributed by atoms with Gasteiger partial charge in [0, 0.05) is 19.0 Å². The van der Waals surface area contributed by atoms with Gasteiger partial charge in [0.2, 0.25) is 0 Å². The highest BCUT2D eigenvalue weighted by molar-refractivity contribution is 7.18. The van der Waals surface area contributed by atoms with Gasteiger partial charge in [-0.1, -0.05) is 11.6 Å². The monoisotopic (exact) mass is 329 g/mol. The summed E-state index contributed by atoms with van der Waals surface area (Å²) in [5, 5.41) is 1.67. The average Bonchev–Trinajstić information content (AvgIpc) is 2.84. The Hall–Kier alpha value is -0.910. The van der Waals surface area contributed by atoms with E-state index in [4.69, 9.17) is 16.4 Å². The second-order valence-corrected chi connectivity index (χ2v) is 8.02. The van der Waals surface area contributed by atoms with Crippen LogP contribution in [-0.2, 0) is 9.63 Å². The van der Waals surface area contributed by atoms with Gasteiger partial charge in [0.1, 0.15) is 0 Å². The molecular formula is C15H20ClNO3S. The van der Waals surface area contributed by atoms with E-state index in [0.717, 1.165) is 0 Å². The van der Waals surface area contributed by atoms with Crippen LogP contribution >= 0.6 is 22.9 Å². The van der Waals surface area contributed by atoms with Gasteiger partial charge in [-0.2, -0.15) is 0 Å². The molecule has 116 valence electrons. The highest BCUT2D eigenvalue weighted by Crippen LogP contribution is 2.28. The van der Waals surface area contributed by atoms with Gasteiger partial charge in [0.25, 0.3) is 0 Å². The van der Waals surface area contributed by atoms with Gasteiger partial charge < -0.3 is 4.84 Å². The molecule has 4 nitrogen and oxygen atoms in total. The summed E-state index contributed by atoms with van der Waals surface area (Å²) in [7, 11) is 0. The summed E-state index contributed by atoms with van der Waals surface area (Å²) in [6, 6.07) is 3.53. The quantitative estimate of drug-likeness (QED) is 0.791. The number of hydrogen-bond acceptors (Lipinski definition) is 5. The summed E-state index contributed by atoms with van der Waals surface area (Å²) in [4.78, 5) is 30.2. The molecule has 1 aliphatic heterocycles. The molecular weight excluding hydrogens is 310 g/mol. The average molecular weight is 330 g/mol. The lowest BCUT2D eigenvalue weighted by molar-refractivity contribution is -0.205. The molecule has 6 heteroatoms. The molecule has 0 spiro atoms. The highest BCUT2D eigenvalue weighted by atomic mass is 35.5. The van der Waals surface area contributed by atoms with E-state index in [9.17, 15) is 9.59 Å². The fourth-order valence-corrected chi connectivity index (χ4v) is 3.17. The number of hydrogen-bond donors (Lipinski definition) is 0. The third-order valence-corrected chi connectivity index (χ3v) is 4.71. The first-order valence-electron chi connectivity index (χ1n) is 7.04. The number of rotatable bonds is 3. The molecule has 0 aliphatic carbocycles. The van der Waals surface area contributed by atoms with Crippen LogP contribution in [0.4, 0.5) is 0 Å². The molecule has 2 heterocycles. The maximum absolute atomic E-state index is 12.3. The van der Waals surface area contributed by atoms with Crippen molar-refractivity contribution in [1.29, 1.82) is 0 Å². The summed E-state index contributed by atoms with van der Waals surface area (Å²) in [6.45, 7) is 6.67. The van der Waals surface area contributed by atoms with Crippen LogP contribution in [0.15, 0.2) is 12.1 Å². The van der Waals surface area contributed by atoms with Crippen LogP contribution in [0, 0.1) is 11.3 Å². The van der Waals surface area contributed by atoms with E-state index in [2.05, 4.69) is 0 Å². The van der Waals surface area contributed by atoms with Crippen LogP contribution in [0.3, 0.4) is 0 Å². The van der Waals surface area contributed by atoms with Crippen LogP contribution < -0.4 is 0 Å². The van der Waals surface area contributed by atoms with E-state index in [1.165, 1.54) is 11.3 Å². The van der Waals surface area contributed by atoms with E-state index in [-0.39, 0.29) is 17.7 Å². The van der Waals surface area contributed by atoms with E-state index < -0.39 is 5.41 Å². The first-order chi connectivity index (χ1) is 9.77. The summed E-state index contributed by atoms with van der Waals surface area (Å²) < 4.78 is 0.634. The zero-order chi connectivity index (χ0) is 15.6. The molecule has 21 heavy (non-hydrogen) atoms. The van der Waals surface area contributed by atoms with Gasteiger partial charge in [-0.15, -0.1) is 16.4 Å². The summed E-state index contributed by atoms with van der Waals surface area (Å²) in [6.07, 6.45) is 1.40. The smallest absolute Gasteiger partial charge is 0.330 e. The van der Waals surface area contributed by atoms with Gasteiger partial charge >= 0.3 is 5.97 Å². The van der Waals surface area contributed by atoms with Crippen LogP contribution in [0.1, 0.15) is 43.3 Å². The van der Waals surface area contributed by atoms with E-state index >= 15 is 0 Å². The minimum Gasteiger partial charge on any atom is -0.367 e. The Balaban J connectivity index is 1.86. The zero-order valence-electron chi connectivity index (χ0n) is 12.5. The second-order valence-electron chi connectivity index (χ2n) is 6.30. The second kappa shape index (κ2) is 6.46. The van der Waals surface area contributed by atoms with Crippen LogP contribution in [0.25, 0.3) is 0 Å². The molecule has 1 aromatic heterocycles. The number of hydroxylamine groups is 2. The van der Waals surface area contributed by atoms with Crippen molar-refractivity contribution in [1.82, 2.24) is 5.06 Å². The van der Waals surface area contributed by atoms with Crippen molar-refractivity contribution in [2.24, 2.45) is 11.3 Å². The summed E-state index contributed by atoms with van der Waals surface area (Å²) >= 11 is 7.19. The number of Topliss-reactive ketones (excluding diaryl/α,β-unsaturated/α-hetero) is 1. The standard InChI is InChI=1S/C15H20ClNO3S/c1-15(2,3)14(19)20-17-8-6-10(7-9-17)13(18)11-4-5-12(16)21-11/h4-5,10H,6-9H2,1-3H3. The topological polar surface area (TPSA) is 46.6 Å². The predicted octanol–water partition coefficient (Wildman–Crippen LogP) is 3.80. The van der Waals surface area contributed by atoms with Crippen molar-refractivity contribution in [2.45, 2.75) is 33.6 Å². The molecule has 1 aromatic rings. The minimum absolute atomic E-state index is 0.00990. The SMILES string of the molecule is CC(C)(C)C(=O)ON1CCC(C(=O)c2ccc(Cl)s2)CC1. The van der Waals surface area contributed by atoms with Crippen molar-refractivity contribution < 1.29 is 14.4 Å². The summed E-state index contributed by atoms with van der Waals surface area (Å²) in [5.41, 5.74) is -0.514. The van der Waals surface area contributed by atoms with Crippen LogP contribution in [0.2, 0.25) is 4.34 Å². The number of thiophene rings is 1. The van der Waals surface area contributed by atoms with E-state index in [1.54, 1.807) is 17.2 Å². The minimum atomic E-state index is -0.514. The van der Waals surface area contributed by atoms with Crippen molar-refractivity contribution in [2.75, 3.05) is 13.1 Å². The Morgan fingerprint density at radius 2 is 1.90 bits per heavy atom. The fraction of sp³-hybridized carbons (Fsp3) is 0.600. The van der Waals surface area contributed by atoms with Crippen molar-refractivity contribution in [3.8, 4) is 0 Å². The Bertz CT molecular complexity index is 527. The molecule has 1 fully saturated rings. The van der Waals surface area contributed by atoms with E-state index in [1.807, 2.05) is 20.8 Å². The predicted molar refractivity (Wildman–Crippen MR) is 83.5 cm³/mol. The third kappa shape index (κ3) is 4.28. The molecule has 0 aromatic carbocycles. The number of halogens is 1. The Kier molecular flexibility index (Phi) is 5.07. The molecule has 0 bridgehead atoms. The number of carbonyl (C=O) groups excluding carboxylic acids is 2. The molecule has 2 rings (SSSR count). The molecule has 1 saturated heterocycles. The Morgan fingerprint density at radius 3 is 2.38 bits per heavy atom. The number of piperidine rings is 1. The first kappa shape index (κ1) is 16.5. The molecule has 0 saturated carbocycles. The lowest BCUT2D eigenvalue weighted by atomic mass is 9.92. The molecule has 0 N–H and O–H groups in total. The maximum atomic E-state index is 12.3. The lowest BCUT2D eigenvalue weighted by Gasteiger charge is -2.31. The zero-order valence-corrected chi connectivity index (χ0v) is 14.1. The number of nitrogens with zero attached hydrogens (tertiary/aromatic N) is 1. The van der Waals surface area contributed by atoms with Crippen molar-refractivity contribution in [3.05, 3.63) is 21.3 Å². The fourth-order valence-electron chi connectivity index (χ4n) is 2.11. The maximum Gasteiger partial charge on any atom is 0.330 e.